The maximum absolute atomic E-state index is 12.2. The Bertz CT molecular complexity index is 572. The van der Waals surface area contributed by atoms with Crippen molar-refractivity contribution in [2.75, 3.05) is 11.9 Å². The van der Waals surface area contributed by atoms with Gasteiger partial charge in [-0.2, -0.15) is 0 Å². The number of fused-ring (bicyclic) bond motifs is 2. The largest absolute Gasteiger partial charge is 0.507 e. The van der Waals surface area contributed by atoms with Gasteiger partial charge in [-0.05, 0) is 37.3 Å². The number of carbonyl (C=O) groups is 2. The van der Waals surface area contributed by atoms with E-state index in [1.54, 1.807) is 0 Å². The first-order valence-electron chi connectivity index (χ1n) is 6.68. The molecular weight excluding hydrogens is 260 g/mol. The van der Waals surface area contributed by atoms with Crippen LogP contribution in [0.4, 0.5) is 10.5 Å². The molecule has 1 heterocycles. The highest BCUT2D eigenvalue weighted by Crippen LogP contribution is 2.37. The predicted molar refractivity (Wildman–Crippen MR) is 71.9 cm³/mol. The maximum atomic E-state index is 12.2. The maximum Gasteiger partial charge on any atom is 0.339 e. The zero-order valence-corrected chi connectivity index (χ0v) is 10.9. The van der Waals surface area contributed by atoms with Crippen molar-refractivity contribution in [2.45, 2.75) is 25.3 Å². The molecule has 2 unspecified atom stereocenters. The van der Waals surface area contributed by atoms with E-state index in [0.717, 1.165) is 19.4 Å². The minimum absolute atomic E-state index is 0.178. The number of carboxylic acid groups (broad SMARTS) is 1. The van der Waals surface area contributed by atoms with Gasteiger partial charge in [0, 0.05) is 24.3 Å². The first-order chi connectivity index (χ1) is 9.54. The monoisotopic (exact) mass is 276 g/mol. The summed E-state index contributed by atoms with van der Waals surface area (Å²) < 4.78 is 0. The second-order valence-corrected chi connectivity index (χ2v) is 5.45. The lowest BCUT2D eigenvalue weighted by molar-refractivity contribution is 0.0694. The molecule has 106 valence electrons. The Morgan fingerprint density at radius 1 is 1.30 bits per heavy atom. The van der Waals surface area contributed by atoms with Crippen molar-refractivity contribution in [1.29, 1.82) is 0 Å². The normalized spacial score (nSPS) is 23.9. The van der Waals surface area contributed by atoms with Gasteiger partial charge in [0.15, 0.2) is 0 Å². The lowest BCUT2D eigenvalue weighted by Crippen LogP contribution is -2.40. The predicted octanol–water partition coefficient (Wildman–Crippen LogP) is 2.11. The van der Waals surface area contributed by atoms with Crippen molar-refractivity contribution in [3.8, 4) is 5.75 Å². The summed E-state index contributed by atoms with van der Waals surface area (Å²) in [5.41, 5.74) is 0.225. The van der Waals surface area contributed by atoms with Crippen LogP contribution in [0.3, 0.4) is 0 Å². The first-order valence-corrected chi connectivity index (χ1v) is 6.68. The van der Waals surface area contributed by atoms with Gasteiger partial charge in [-0.3, -0.25) is 0 Å². The Balaban J connectivity index is 1.70. The number of likely N-dealkylation sites (tertiary alicyclic amines) is 1. The van der Waals surface area contributed by atoms with Gasteiger partial charge in [-0.25, -0.2) is 9.59 Å². The fraction of sp³-hybridized carbons (Fsp3) is 0.429. The van der Waals surface area contributed by atoms with Gasteiger partial charge in [-0.1, -0.05) is 0 Å². The molecule has 1 aromatic carbocycles. The molecule has 1 aromatic rings. The number of hydrogen-bond acceptors (Lipinski definition) is 3. The third-order valence-electron chi connectivity index (χ3n) is 4.15. The standard InChI is InChI=1S/C14H16N2O4/c17-12-6-9(2-4-11(12)13(18)19)15-14(20)16-7-8-1-3-10(16)5-8/h2,4,6,8,10,17H,1,3,5,7H2,(H,15,20)(H,18,19). The fourth-order valence-corrected chi connectivity index (χ4v) is 3.16. The minimum Gasteiger partial charge on any atom is -0.507 e. The number of amides is 2. The summed E-state index contributed by atoms with van der Waals surface area (Å²) in [5, 5.41) is 21.1. The number of phenols is 1. The molecule has 2 bridgehead atoms. The van der Waals surface area contributed by atoms with Gasteiger partial charge < -0.3 is 20.4 Å². The molecule has 0 radical (unpaired) electrons. The van der Waals surface area contributed by atoms with Gasteiger partial charge in [0.2, 0.25) is 0 Å². The average Bonchev–Trinajstić information content (AvgIpc) is 3.00. The van der Waals surface area contributed by atoms with E-state index in [1.165, 1.54) is 24.6 Å². The Hall–Kier alpha value is -2.24. The number of carbonyl (C=O) groups excluding carboxylic acids is 1. The van der Waals surface area contributed by atoms with Crippen LogP contribution in [-0.4, -0.2) is 39.7 Å². The average molecular weight is 276 g/mol. The van der Waals surface area contributed by atoms with Crippen LogP contribution in [0.15, 0.2) is 18.2 Å². The van der Waals surface area contributed by atoms with Crippen molar-refractivity contribution in [1.82, 2.24) is 4.90 Å². The molecule has 0 aromatic heterocycles. The Labute approximate surface area is 116 Å². The van der Waals surface area contributed by atoms with Crippen LogP contribution < -0.4 is 5.32 Å². The number of hydrogen-bond donors (Lipinski definition) is 3. The van der Waals surface area contributed by atoms with E-state index in [2.05, 4.69) is 5.32 Å². The molecule has 2 fully saturated rings. The molecule has 0 spiro atoms. The molecule has 6 heteroatoms. The van der Waals surface area contributed by atoms with Crippen LogP contribution in [0, 0.1) is 5.92 Å². The molecule has 2 aliphatic rings. The van der Waals surface area contributed by atoms with E-state index in [-0.39, 0.29) is 17.3 Å². The number of carboxylic acids is 1. The van der Waals surface area contributed by atoms with Crippen LogP contribution in [-0.2, 0) is 0 Å². The van der Waals surface area contributed by atoms with Gasteiger partial charge >= 0.3 is 12.0 Å². The number of urea groups is 1. The van der Waals surface area contributed by atoms with E-state index >= 15 is 0 Å². The molecule has 1 aliphatic carbocycles. The third-order valence-corrected chi connectivity index (χ3v) is 4.15. The molecular formula is C14H16N2O4. The highest BCUT2D eigenvalue weighted by atomic mass is 16.4. The van der Waals surface area contributed by atoms with E-state index in [4.69, 9.17) is 5.11 Å². The van der Waals surface area contributed by atoms with E-state index in [0.29, 0.717) is 17.6 Å². The molecule has 3 N–H and O–H groups in total. The van der Waals surface area contributed by atoms with Crippen molar-refractivity contribution in [3.63, 3.8) is 0 Å². The Morgan fingerprint density at radius 3 is 2.65 bits per heavy atom. The molecule has 1 saturated heterocycles. The smallest absolute Gasteiger partial charge is 0.339 e. The van der Waals surface area contributed by atoms with Gasteiger partial charge in [0.25, 0.3) is 0 Å². The van der Waals surface area contributed by atoms with Gasteiger partial charge in [-0.15, -0.1) is 0 Å². The number of rotatable bonds is 2. The second-order valence-electron chi connectivity index (χ2n) is 5.45. The number of nitrogens with one attached hydrogen (secondary N) is 1. The summed E-state index contributed by atoms with van der Waals surface area (Å²) in [6, 6.07) is 4.17. The Kier molecular flexibility index (Phi) is 3.00. The number of aromatic carboxylic acids is 1. The highest BCUT2D eigenvalue weighted by Gasteiger charge is 2.40. The molecule has 20 heavy (non-hydrogen) atoms. The lowest BCUT2D eigenvalue weighted by Gasteiger charge is -2.27. The molecule has 1 aliphatic heterocycles. The van der Waals surface area contributed by atoms with Crippen LogP contribution in [0.1, 0.15) is 29.6 Å². The molecule has 1 saturated carbocycles. The van der Waals surface area contributed by atoms with E-state index in [1.807, 2.05) is 4.90 Å². The number of anilines is 1. The van der Waals surface area contributed by atoms with Crippen LogP contribution in [0.2, 0.25) is 0 Å². The number of aromatic hydroxyl groups is 1. The summed E-state index contributed by atoms with van der Waals surface area (Å²) in [6.07, 6.45) is 3.33. The van der Waals surface area contributed by atoms with Crippen LogP contribution in [0.25, 0.3) is 0 Å². The summed E-state index contributed by atoms with van der Waals surface area (Å²) in [5.74, 6) is -0.927. The number of nitrogens with zero attached hydrogens (tertiary/aromatic N) is 1. The van der Waals surface area contributed by atoms with Crippen molar-refractivity contribution in [2.24, 2.45) is 5.92 Å². The van der Waals surface area contributed by atoms with E-state index < -0.39 is 5.97 Å². The highest BCUT2D eigenvalue weighted by molar-refractivity contribution is 5.94. The summed E-state index contributed by atoms with van der Waals surface area (Å²) >= 11 is 0. The second kappa shape index (κ2) is 4.70. The topological polar surface area (TPSA) is 89.9 Å². The summed E-state index contributed by atoms with van der Waals surface area (Å²) in [4.78, 5) is 24.8. The van der Waals surface area contributed by atoms with Gasteiger partial charge in [0.1, 0.15) is 11.3 Å². The number of benzene rings is 1. The molecule has 3 rings (SSSR count). The molecule has 6 nitrogen and oxygen atoms in total. The number of piperidine rings is 1. The third kappa shape index (κ3) is 2.17. The quantitative estimate of drug-likeness (QED) is 0.771. The minimum atomic E-state index is -1.20. The van der Waals surface area contributed by atoms with Crippen molar-refractivity contribution < 1.29 is 19.8 Å². The zero-order valence-electron chi connectivity index (χ0n) is 10.9. The zero-order chi connectivity index (χ0) is 14.3. The van der Waals surface area contributed by atoms with Crippen molar-refractivity contribution >= 4 is 17.7 Å². The van der Waals surface area contributed by atoms with Crippen LogP contribution in [0.5, 0.6) is 5.75 Å². The molecule has 2 amide bonds. The van der Waals surface area contributed by atoms with Crippen LogP contribution >= 0.6 is 0 Å². The van der Waals surface area contributed by atoms with Gasteiger partial charge in [0.05, 0.1) is 0 Å². The van der Waals surface area contributed by atoms with E-state index in [9.17, 15) is 14.7 Å². The Morgan fingerprint density at radius 2 is 2.10 bits per heavy atom. The lowest BCUT2D eigenvalue weighted by atomic mass is 10.1. The fourth-order valence-electron chi connectivity index (χ4n) is 3.16. The molecule has 2 atom stereocenters. The SMILES string of the molecule is O=C(O)c1ccc(NC(=O)N2CC3CCC2C3)cc1O. The summed E-state index contributed by atoms with van der Waals surface area (Å²) in [6.45, 7) is 0.787. The first kappa shape index (κ1) is 12.8. The summed E-state index contributed by atoms with van der Waals surface area (Å²) in [7, 11) is 0. The van der Waals surface area contributed by atoms with Crippen molar-refractivity contribution in [3.05, 3.63) is 23.8 Å².